The lowest BCUT2D eigenvalue weighted by Crippen LogP contribution is -1.81. The summed E-state index contributed by atoms with van der Waals surface area (Å²) >= 11 is 1.37. The van der Waals surface area contributed by atoms with Crippen LogP contribution in [0.5, 0.6) is 0 Å². The molecule has 0 atom stereocenters. The number of hydrogen-bond donors (Lipinski definition) is 0. The van der Waals surface area contributed by atoms with E-state index >= 15 is 0 Å². The first kappa shape index (κ1) is 10.8. The zero-order valence-electron chi connectivity index (χ0n) is 9.20. The van der Waals surface area contributed by atoms with Crippen LogP contribution in [0.25, 0.3) is 11.1 Å². The highest BCUT2D eigenvalue weighted by molar-refractivity contribution is 7.99. The van der Waals surface area contributed by atoms with Crippen LogP contribution in [0.1, 0.15) is 5.69 Å². The van der Waals surface area contributed by atoms with Crippen molar-refractivity contribution in [1.82, 2.24) is 9.97 Å². The summed E-state index contributed by atoms with van der Waals surface area (Å²) in [5.41, 5.74) is 1.97. The van der Waals surface area contributed by atoms with Crippen LogP contribution in [0.15, 0.2) is 57.1 Å². The minimum Gasteiger partial charge on any atom is -0.431 e. The second-order valence-corrected chi connectivity index (χ2v) is 4.56. The number of benzene rings is 1. The van der Waals surface area contributed by atoms with E-state index in [0.29, 0.717) is 10.9 Å². The maximum Gasteiger partial charge on any atom is 0.261 e. The van der Waals surface area contributed by atoms with Crippen LogP contribution in [0, 0.1) is 11.3 Å². The molecule has 1 aromatic carbocycles. The van der Waals surface area contributed by atoms with Crippen molar-refractivity contribution in [2.24, 2.45) is 0 Å². The second-order valence-electron chi connectivity index (χ2n) is 3.54. The van der Waals surface area contributed by atoms with Gasteiger partial charge in [0.15, 0.2) is 5.58 Å². The normalized spacial score (nSPS) is 10.4. The first-order valence-electron chi connectivity index (χ1n) is 5.25. The summed E-state index contributed by atoms with van der Waals surface area (Å²) in [5, 5.41) is 9.34. The third-order valence-electron chi connectivity index (χ3n) is 2.33. The molecule has 2 heterocycles. The van der Waals surface area contributed by atoms with Gasteiger partial charge in [0.25, 0.3) is 5.22 Å². The second kappa shape index (κ2) is 4.51. The van der Waals surface area contributed by atoms with Crippen molar-refractivity contribution in [3.8, 4) is 6.07 Å². The number of rotatable bonds is 2. The van der Waals surface area contributed by atoms with Crippen molar-refractivity contribution in [3.05, 3.63) is 48.3 Å². The Hall–Kier alpha value is -2.32. The number of nitrogens with zero attached hydrogens (tertiary/aromatic N) is 3. The molecule has 4 nitrogen and oxygen atoms in total. The largest absolute Gasteiger partial charge is 0.431 e. The monoisotopic (exact) mass is 253 g/mol. The van der Waals surface area contributed by atoms with E-state index in [1.807, 2.05) is 36.4 Å². The predicted octanol–water partition coefficient (Wildman–Crippen LogP) is 3.25. The van der Waals surface area contributed by atoms with Gasteiger partial charge in [-0.2, -0.15) is 5.26 Å². The van der Waals surface area contributed by atoms with Crippen molar-refractivity contribution in [2.45, 2.75) is 10.1 Å². The zero-order valence-corrected chi connectivity index (χ0v) is 10.0. The van der Waals surface area contributed by atoms with Crippen LogP contribution in [0.4, 0.5) is 0 Å². The SMILES string of the molecule is N#Cc1cc(Sc2nc3ccccc3o2)ccn1. The fourth-order valence-electron chi connectivity index (χ4n) is 1.53. The maximum atomic E-state index is 8.78. The summed E-state index contributed by atoms with van der Waals surface area (Å²) in [4.78, 5) is 9.16. The van der Waals surface area contributed by atoms with Gasteiger partial charge in [0, 0.05) is 11.1 Å². The van der Waals surface area contributed by atoms with Gasteiger partial charge in [0.1, 0.15) is 17.3 Å². The van der Waals surface area contributed by atoms with Gasteiger partial charge in [-0.15, -0.1) is 0 Å². The third-order valence-corrected chi connectivity index (χ3v) is 3.16. The van der Waals surface area contributed by atoms with Gasteiger partial charge in [-0.3, -0.25) is 0 Å². The molecule has 0 aliphatic carbocycles. The van der Waals surface area contributed by atoms with Crippen LogP contribution >= 0.6 is 11.8 Å². The predicted molar refractivity (Wildman–Crippen MR) is 67.1 cm³/mol. The maximum absolute atomic E-state index is 8.78. The summed E-state index contributed by atoms with van der Waals surface area (Å²) in [6.45, 7) is 0. The van der Waals surface area contributed by atoms with E-state index in [-0.39, 0.29) is 0 Å². The molecule has 86 valence electrons. The Kier molecular flexibility index (Phi) is 2.71. The van der Waals surface area contributed by atoms with Crippen LogP contribution in [0.2, 0.25) is 0 Å². The quantitative estimate of drug-likeness (QED) is 0.701. The van der Waals surface area contributed by atoms with Crippen LogP contribution < -0.4 is 0 Å². The Morgan fingerprint density at radius 3 is 2.94 bits per heavy atom. The van der Waals surface area contributed by atoms with Crippen molar-refractivity contribution in [3.63, 3.8) is 0 Å². The van der Waals surface area contributed by atoms with Gasteiger partial charge in [0.2, 0.25) is 0 Å². The molecule has 0 unspecified atom stereocenters. The molecule has 0 N–H and O–H groups in total. The summed E-state index contributed by atoms with van der Waals surface area (Å²) in [7, 11) is 0. The Morgan fingerprint density at radius 1 is 1.22 bits per heavy atom. The van der Waals surface area contributed by atoms with Gasteiger partial charge < -0.3 is 4.42 Å². The third kappa shape index (κ3) is 2.06. The van der Waals surface area contributed by atoms with Crippen molar-refractivity contribution >= 4 is 22.9 Å². The molecule has 0 amide bonds. The Bertz CT molecular complexity index is 712. The number of fused-ring (bicyclic) bond motifs is 1. The molecule has 0 spiro atoms. The molecule has 3 aromatic rings. The van der Waals surface area contributed by atoms with Gasteiger partial charge in [-0.05, 0) is 36.0 Å². The minimum absolute atomic E-state index is 0.385. The highest BCUT2D eigenvalue weighted by Crippen LogP contribution is 2.29. The number of hydrogen-bond acceptors (Lipinski definition) is 5. The van der Waals surface area contributed by atoms with E-state index in [1.165, 1.54) is 11.8 Å². The number of oxazole rings is 1. The highest BCUT2D eigenvalue weighted by atomic mass is 32.2. The van der Waals surface area contributed by atoms with E-state index < -0.39 is 0 Å². The zero-order chi connectivity index (χ0) is 12.4. The van der Waals surface area contributed by atoms with Crippen molar-refractivity contribution in [2.75, 3.05) is 0 Å². The summed E-state index contributed by atoms with van der Waals surface area (Å²) in [5.74, 6) is 0. The summed E-state index contributed by atoms with van der Waals surface area (Å²) in [6.07, 6.45) is 1.60. The Labute approximate surface area is 107 Å². The van der Waals surface area contributed by atoms with E-state index in [4.69, 9.17) is 9.68 Å². The molecule has 0 aliphatic heterocycles. The van der Waals surface area contributed by atoms with E-state index in [9.17, 15) is 0 Å². The van der Waals surface area contributed by atoms with E-state index in [2.05, 4.69) is 9.97 Å². The molecule has 18 heavy (non-hydrogen) atoms. The lowest BCUT2D eigenvalue weighted by molar-refractivity contribution is 0.489. The summed E-state index contributed by atoms with van der Waals surface area (Å²) in [6, 6.07) is 13.1. The highest BCUT2D eigenvalue weighted by Gasteiger charge is 2.07. The number of pyridine rings is 1. The van der Waals surface area contributed by atoms with Crippen LogP contribution in [0.3, 0.4) is 0 Å². The van der Waals surface area contributed by atoms with E-state index in [0.717, 1.165) is 16.0 Å². The van der Waals surface area contributed by atoms with Gasteiger partial charge >= 0.3 is 0 Å². The average Bonchev–Trinajstić information content (AvgIpc) is 2.81. The standard InChI is InChI=1S/C13H7N3OS/c14-8-9-7-10(5-6-15-9)18-13-16-11-3-1-2-4-12(11)17-13/h1-7H. The minimum atomic E-state index is 0.385. The molecule has 3 rings (SSSR count). The first-order chi connectivity index (χ1) is 8.85. The van der Waals surface area contributed by atoms with Crippen LogP contribution in [-0.2, 0) is 0 Å². The molecule has 5 heteroatoms. The molecule has 0 fully saturated rings. The van der Waals surface area contributed by atoms with Crippen LogP contribution in [-0.4, -0.2) is 9.97 Å². The average molecular weight is 253 g/mol. The molecular formula is C13H7N3OS. The number of para-hydroxylation sites is 2. The summed E-state index contributed by atoms with van der Waals surface area (Å²) < 4.78 is 5.59. The molecule has 2 aromatic heterocycles. The fourth-order valence-corrected chi connectivity index (χ4v) is 2.31. The lowest BCUT2D eigenvalue weighted by Gasteiger charge is -1.95. The molecular weight excluding hydrogens is 246 g/mol. The van der Waals surface area contributed by atoms with E-state index in [1.54, 1.807) is 12.3 Å². The first-order valence-corrected chi connectivity index (χ1v) is 6.06. The molecule has 0 saturated carbocycles. The fraction of sp³-hybridized carbons (Fsp3) is 0. The van der Waals surface area contributed by atoms with Gasteiger partial charge in [0.05, 0.1) is 0 Å². The molecule has 0 bridgehead atoms. The Morgan fingerprint density at radius 2 is 2.11 bits per heavy atom. The topological polar surface area (TPSA) is 62.7 Å². The number of aromatic nitrogens is 2. The molecule has 0 aliphatic rings. The lowest BCUT2D eigenvalue weighted by atomic mass is 10.3. The smallest absolute Gasteiger partial charge is 0.261 e. The van der Waals surface area contributed by atoms with Gasteiger partial charge in [-0.1, -0.05) is 12.1 Å². The molecule has 0 saturated heterocycles. The van der Waals surface area contributed by atoms with Gasteiger partial charge in [-0.25, -0.2) is 9.97 Å². The molecule has 0 radical (unpaired) electrons. The van der Waals surface area contributed by atoms with Crippen molar-refractivity contribution in [1.29, 1.82) is 5.26 Å². The number of nitriles is 1. The Balaban J connectivity index is 1.94. The van der Waals surface area contributed by atoms with Crippen molar-refractivity contribution < 1.29 is 4.42 Å².